The molecule has 4 unspecified atom stereocenters. The van der Waals surface area contributed by atoms with Crippen LogP contribution in [0.15, 0.2) is 0 Å². The van der Waals surface area contributed by atoms with Crippen LogP contribution in [0.4, 0.5) is 0 Å². The monoisotopic (exact) mass is 392 g/mol. The number of hydrogen-bond acceptors (Lipinski definition) is 8. The van der Waals surface area contributed by atoms with Gasteiger partial charge in [-0.2, -0.15) is 0 Å². The standard InChI is InChI=1S/C19H36O8/c1-21-12-16(20)13-23-15-17(27-19-7-3-5-9-25-19)14-22-10-11-26-18-6-2-4-8-24-18/h16-20H,2-15H2,1H3. The van der Waals surface area contributed by atoms with E-state index < -0.39 is 6.10 Å². The Morgan fingerprint density at radius 3 is 2.22 bits per heavy atom. The predicted octanol–water partition coefficient (Wildman–Crippen LogP) is 1.48. The Morgan fingerprint density at radius 1 is 0.852 bits per heavy atom. The van der Waals surface area contributed by atoms with Gasteiger partial charge < -0.3 is 38.3 Å². The van der Waals surface area contributed by atoms with Gasteiger partial charge in [0.25, 0.3) is 0 Å². The maximum Gasteiger partial charge on any atom is 0.158 e. The Hall–Kier alpha value is -0.320. The third-order valence-electron chi connectivity index (χ3n) is 4.43. The molecule has 27 heavy (non-hydrogen) atoms. The van der Waals surface area contributed by atoms with Gasteiger partial charge in [0.15, 0.2) is 12.6 Å². The fraction of sp³-hybridized carbons (Fsp3) is 1.00. The van der Waals surface area contributed by atoms with Crippen molar-refractivity contribution in [2.45, 2.75) is 63.3 Å². The first-order valence-corrected chi connectivity index (χ1v) is 10.1. The minimum Gasteiger partial charge on any atom is -0.388 e. The van der Waals surface area contributed by atoms with Crippen LogP contribution < -0.4 is 0 Å². The molecule has 0 amide bonds. The van der Waals surface area contributed by atoms with Gasteiger partial charge in [-0.05, 0) is 38.5 Å². The Labute approximate surface area is 162 Å². The molecule has 8 nitrogen and oxygen atoms in total. The van der Waals surface area contributed by atoms with Gasteiger partial charge in [-0.15, -0.1) is 0 Å². The highest BCUT2D eigenvalue weighted by Gasteiger charge is 2.21. The highest BCUT2D eigenvalue weighted by Crippen LogP contribution is 2.16. The van der Waals surface area contributed by atoms with Crippen molar-refractivity contribution in [3.63, 3.8) is 0 Å². The van der Waals surface area contributed by atoms with E-state index >= 15 is 0 Å². The third kappa shape index (κ3) is 10.7. The van der Waals surface area contributed by atoms with Crippen LogP contribution in [0.5, 0.6) is 0 Å². The lowest BCUT2D eigenvalue weighted by molar-refractivity contribution is -0.212. The first kappa shape index (κ1) is 23.0. The summed E-state index contributed by atoms with van der Waals surface area (Å²) < 4.78 is 39.0. The second kappa shape index (κ2) is 14.6. The first-order chi connectivity index (χ1) is 13.3. The Morgan fingerprint density at radius 2 is 1.56 bits per heavy atom. The zero-order valence-corrected chi connectivity index (χ0v) is 16.5. The van der Waals surface area contributed by atoms with E-state index in [1.165, 1.54) is 0 Å². The molecular formula is C19H36O8. The van der Waals surface area contributed by atoms with Crippen LogP contribution in [-0.4, -0.2) is 89.9 Å². The van der Waals surface area contributed by atoms with Crippen molar-refractivity contribution >= 4 is 0 Å². The molecule has 2 rings (SSSR count). The lowest BCUT2D eigenvalue weighted by Crippen LogP contribution is -2.35. The second-order valence-electron chi connectivity index (χ2n) is 6.94. The van der Waals surface area contributed by atoms with Crippen LogP contribution in [0, 0.1) is 0 Å². The summed E-state index contributed by atoms with van der Waals surface area (Å²) in [6.07, 6.45) is 5.03. The van der Waals surface area contributed by atoms with Gasteiger partial charge in [-0.3, -0.25) is 0 Å². The van der Waals surface area contributed by atoms with Gasteiger partial charge in [0.1, 0.15) is 12.2 Å². The number of methoxy groups -OCH3 is 1. The molecule has 1 N–H and O–H groups in total. The summed E-state index contributed by atoms with van der Waals surface area (Å²) in [5, 5.41) is 9.68. The smallest absolute Gasteiger partial charge is 0.158 e. The molecule has 0 aliphatic carbocycles. The minimum atomic E-state index is -0.647. The van der Waals surface area contributed by atoms with Crippen LogP contribution in [0.25, 0.3) is 0 Å². The fourth-order valence-corrected chi connectivity index (χ4v) is 3.03. The molecule has 0 aromatic rings. The van der Waals surface area contributed by atoms with Crippen molar-refractivity contribution in [1.82, 2.24) is 0 Å². The van der Waals surface area contributed by atoms with E-state index in [1.54, 1.807) is 7.11 Å². The quantitative estimate of drug-likeness (QED) is 0.445. The number of ether oxygens (including phenoxy) is 7. The zero-order valence-electron chi connectivity index (χ0n) is 16.5. The largest absolute Gasteiger partial charge is 0.388 e. The molecule has 2 saturated heterocycles. The van der Waals surface area contributed by atoms with Crippen molar-refractivity contribution in [3.05, 3.63) is 0 Å². The van der Waals surface area contributed by atoms with Gasteiger partial charge >= 0.3 is 0 Å². The summed E-state index contributed by atoms with van der Waals surface area (Å²) in [5.41, 5.74) is 0. The minimum absolute atomic E-state index is 0.101. The van der Waals surface area contributed by atoms with E-state index in [4.69, 9.17) is 33.2 Å². The van der Waals surface area contributed by atoms with Crippen LogP contribution in [0.3, 0.4) is 0 Å². The van der Waals surface area contributed by atoms with Gasteiger partial charge in [0, 0.05) is 20.3 Å². The maximum atomic E-state index is 9.68. The molecule has 2 aliphatic heterocycles. The molecule has 2 fully saturated rings. The Kier molecular flexibility index (Phi) is 12.5. The SMILES string of the molecule is COCC(O)COCC(COCCOC1CCCCO1)OC1CCCCO1. The van der Waals surface area contributed by atoms with E-state index in [0.717, 1.165) is 51.7 Å². The second-order valence-corrected chi connectivity index (χ2v) is 6.94. The number of hydrogen-bond donors (Lipinski definition) is 1. The van der Waals surface area contributed by atoms with Gasteiger partial charge in [-0.25, -0.2) is 0 Å². The molecule has 2 heterocycles. The normalized spacial score (nSPS) is 26.0. The molecular weight excluding hydrogens is 356 g/mol. The van der Waals surface area contributed by atoms with E-state index in [0.29, 0.717) is 26.4 Å². The summed E-state index contributed by atoms with van der Waals surface area (Å²) in [4.78, 5) is 0. The van der Waals surface area contributed by atoms with Crippen molar-refractivity contribution < 1.29 is 38.3 Å². The average Bonchev–Trinajstić information content (AvgIpc) is 2.69. The molecule has 8 heteroatoms. The Bertz CT molecular complexity index is 345. The maximum absolute atomic E-state index is 9.68. The molecule has 0 aromatic carbocycles. The average molecular weight is 392 g/mol. The summed E-state index contributed by atoms with van der Waals surface area (Å²) in [6.45, 7) is 3.61. The highest BCUT2D eigenvalue weighted by atomic mass is 16.7. The number of aliphatic hydroxyl groups excluding tert-OH is 1. The van der Waals surface area contributed by atoms with Crippen molar-refractivity contribution in [2.24, 2.45) is 0 Å². The predicted molar refractivity (Wildman–Crippen MR) is 97.5 cm³/mol. The topological polar surface area (TPSA) is 84.8 Å². The summed E-state index contributed by atoms with van der Waals surface area (Å²) in [6, 6.07) is 0. The molecule has 2 aliphatic rings. The molecule has 0 spiro atoms. The Balaban J connectivity index is 1.61. The summed E-state index contributed by atoms with van der Waals surface area (Å²) in [5.74, 6) is 0. The lowest BCUT2D eigenvalue weighted by atomic mass is 10.2. The highest BCUT2D eigenvalue weighted by molar-refractivity contribution is 4.62. The fourth-order valence-electron chi connectivity index (χ4n) is 3.03. The van der Waals surface area contributed by atoms with Crippen molar-refractivity contribution in [1.29, 1.82) is 0 Å². The van der Waals surface area contributed by atoms with E-state index in [-0.39, 0.29) is 31.9 Å². The van der Waals surface area contributed by atoms with Gasteiger partial charge in [0.05, 0.1) is 39.6 Å². The molecule has 4 atom stereocenters. The van der Waals surface area contributed by atoms with Crippen LogP contribution >= 0.6 is 0 Å². The number of aliphatic hydroxyl groups is 1. The zero-order chi connectivity index (χ0) is 19.2. The van der Waals surface area contributed by atoms with Crippen LogP contribution in [0.2, 0.25) is 0 Å². The van der Waals surface area contributed by atoms with Crippen molar-refractivity contribution in [2.75, 3.05) is 60.0 Å². The molecule has 0 radical (unpaired) electrons. The molecule has 160 valence electrons. The van der Waals surface area contributed by atoms with Crippen LogP contribution in [-0.2, 0) is 33.2 Å². The number of rotatable bonds is 14. The molecule has 0 aromatic heterocycles. The van der Waals surface area contributed by atoms with E-state index in [2.05, 4.69) is 0 Å². The van der Waals surface area contributed by atoms with E-state index in [9.17, 15) is 5.11 Å². The van der Waals surface area contributed by atoms with Gasteiger partial charge in [-0.1, -0.05) is 0 Å². The van der Waals surface area contributed by atoms with Gasteiger partial charge in [0.2, 0.25) is 0 Å². The third-order valence-corrected chi connectivity index (χ3v) is 4.43. The first-order valence-electron chi connectivity index (χ1n) is 10.1. The van der Waals surface area contributed by atoms with Crippen molar-refractivity contribution in [3.8, 4) is 0 Å². The summed E-state index contributed by atoms with van der Waals surface area (Å²) >= 11 is 0. The lowest BCUT2D eigenvalue weighted by Gasteiger charge is -2.28. The van der Waals surface area contributed by atoms with Crippen LogP contribution in [0.1, 0.15) is 38.5 Å². The summed E-state index contributed by atoms with van der Waals surface area (Å²) in [7, 11) is 1.55. The van der Waals surface area contributed by atoms with E-state index in [1.807, 2.05) is 0 Å². The molecule has 0 saturated carbocycles. The molecule has 0 bridgehead atoms.